The second kappa shape index (κ2) is 7.35. The topological polar surface area (TPSA) is 81.8 Å². The SMILES string of the molecule is Cn1cccc1C(=O)NC(=O)CSc1nnc(-c2ccccc2)n1C. The van der Waals surface area contributed by atoms with Gasteiger partial charge in [0.05, 0.1) is 5.75 Å². The van der Waals surface area contributed by atoms with Gasteiger partial charge in [0.15, 0.2) is 11.0 Å². The van der Waals surface area contributed by atoms with Gasteiger partial charge in [0, 0.05) is 25.9 Å². The number of amides is 2. The first-order valence-electron chi connectivity index (χ1n) is 7.59. The fraction of sp³-hybridized carbons (Fsp3) is 0.176. The van der Waals surface area contributed by atoms with Crippen LogP contribution in [0, 0.1) is 0 Å². The summed E-state index contributed by atoms with van der Waals surface area (Å²) in [6.45, 7) is 0. The van der Waals surface area contributed by atoms with E-state index in [2.05, 4.69) is 15.5 Å². The average Bonchev–Trinajstić information content (AvgIpc) is 3.19. The third-order valence-electron chi connectivity index (χ3n) is 3.63. The van der Waals surface area contributed by atoms with Crippen LogP contribution in [0.25, 0.3) is 11.4 Å². The molecule has 2 heterocycles. The van der Waals surface area contributed by atoms with E-state index in [1.54, 1.807) is 29.9 Å². The van der Waals surface area contributed by atoms with Gasteiger partial charge in [0.2, 0.25) is 5.91 Å². The Balaban J connectivity index is 1.61. The smallest absolute Gasteiger partial charge is 0.274 e. The highest BCUT2D eigenvalue weighted by Gasteiger charge is 2.15. The molecule has 0 spiro atoms. The number of rotatable bonds is 5. The van der Waals surface area contributed by atoms with E-state index >= 15 is 0 Å². The maximum absolute atomic E-state index is 12.0. The molecule has 7 nitrogen and oxygen atoms in total. The lowest BCUT2D eigenvalue weighted by atomic mass is 10.2. The fourth-order valence-electron chi connectivity index (χ4n) is 2.33. The molecule has 0 bridgehead atoms. The second-order valence-corrected chi connectivity index (χ2v) is 6.34. The molecule has 0 atom stereocenters. The largest absolute Gasteiger partial charge is 0.347 e. The van der Waals surface area contributed by atoms with Crippen molar-refractivity contribution >= 4 is 23.6 Å². The van der Waals surface area contributed by atoms with Crippen molar-refractivity contribution in [3.63, 3.8) is 0 Å². The number of nitrogens with zero attached hydrogens (tertiary/aromatic N) is 4. The van der Waals surface area contributed by atoms with Crippen molar-refractivity contribution in [2.24, 2.45) is 14.1 Å². The van der Waals surface area contributed by atoms with E-state index < -0.39 is 5.91 Å². The number of hydrogen-bond acceptors (Lipinski definition) is 5. The van der Waals surface area contributed by atoms with E-state index in [1.807, 2.05) is 41.9 Å². The van der Waals surface area contributed by atoms with E-state index in [1.165, 1.54) is 11.8 Å². The van der Waals surface area contributed by atoms with Crippen molar-refractivity contribution in [3.8, 4) is 11.4 Å². The normalized spacial score (nSPS) is 10.6. The lowest BCUT2D eigenvalue weighted by Crippen LogP contribution is -2.33. The Morgan fingerprint density at radius 2 is 1.84 bits per heavy atom. The lowest BCUT2D eigenvalue weighted by Gasteiger charge is -2.05. The maximum Gasteiger partial charge on any atom is 0.274 e. The maximum atomic E-state index is 12.0. The molecule has 128 valence electrons. The molecule has 1 N–H and O–H groups in total. The average molecular weight is 355 g/mol. The summed E-state index contributed by atoms with van der Waals surface area (Å²) >= 11 is 1.23. The molecule has 3 rings (SSSR count). The summed E-state index contributed by atoms with van der Waals surface area (Å²) in [5.74, 6) is 0.0154. The third kappa shape index (κ3) is 3.80. The number of nitrogens with one attached hydrogen (secondary N) is 1. The Morgan fingerprint density at radius 3 is 2.52 bits per heavy atom. The van der Waals surface area contributed by atoms with Crippen LogP contribution in [0.5, 0.6) is 0 Å². The van der Waals surface area contributed by atoms with Crippen LogP contribution >= 0.6 is 11.8 Å². The van der Waals surface area contributed by atoms with E-state index in [-0.39, 0.29) is 11.7 Å². The third-order valence-corrected chi connectivity index (χ3v) is 4.65. The Bertz CT molecular complexity index is 901. The lowest BCUT2D eigenvalue weighted by molar-refractivity contribution is -0.117. The molecule has 8 heteroatoms. The van der Waals surface area contributed by atoms with Gasteiger partial charge in [0.25, 0.3) is 5.91 Å². The summed E-state index contributed by atoms with van der Waals surface area (Å²) in [6, 6.07) is 13.1. The van der Waals surface area contributed by atoms with Crippen LogP contribution in [0.3, 0.4) is 0 Å². The Hall–Kier alpha value is -2.87. The molecular weight excluding hydrogens is 338 g/mol. The van der Waals surface area contributed by atoms with Crippen LogP contribution in [0.15, 0.2) is 53.8 Å². The Morgan fingerprint density at radius 1 is 1.08 bits per heavy atom. The van der Waals surface area contributed by atoms with Crippen molar-refractivity contribution in [1.82, 2.24) is 24.6 Å². The number of carbonyl (C=O) groups is 2. The summed E-state index contributed by atoms with van der Waals surface area (Å²) in [7, 11) is 3.59. The summed E-state index contributed by atoms with van der Waals surface area (Å²) in [6.07, 6.45) is 1.75. The van der Waals surface area contributed by atoms with Crippen LogP contribution in [-0.4, -0.2) is 36.9 Å². The first-order valence-corrected chi connectivity index (χ1v) is 8.58. The number of hydrogen-bond donors (Lipinski definition) is 1. The molecule has 2 amide bonds. The molecule has 1 aromatic carbocycles. The van der Waals surface area contributed by atoms with Crippen LogP contribution in [-0.2, 0) is 18.9 Å². The first kappa shape index (κ1) is 17.0. The van der Waals surface area contributed by atoms with Crippen molar-refractivity contribution in [2.45, 2.75) is 5.16 Å². The molecule has 0 saturated carbocycles. The zero-order valence-corrected chi connectivity index (χ0v) is 14.7. The molecule has 0 radical (unpaired) electrons. The minimum atomic E-state index is -0.416. The second-order valence-electron chi connectivity index (χ2n) is 5.40. The molecule has 0 aliphatic rings. The molecule has 0 fully saturated rings. The highest BCUT2D eigenvalue weighted by atomic mass is 32.2. The van der Waals surface area contributed by atoms with Gasteiger partial charge in [-0.2, -0.15) is 0 Å². The number of aromatic nitrogens is 4. The van der Waals surface area contributed by atoms with Gasteiger partial charge in [0.1, 0.15) is 5.69 Å². The summed E-state index contributed by atoms with van der Waals surface area (Å²) in [5, 5.41) is 11.3. The predicted octanol–water partition coefficient (Wildman–Crippen LogP) is 1.87. The molecule has 25 heavy (non-hydrogen) atoms. The highest BCUT2D eigenvalue weighted by Crippen LogP contribution is 2.22. The van der Waals surface area contributed by atoms with Gasteiger partial charge in [-0.15, -0.1) is 10.2 Å². The van der Waals surface area contributed by atoms with E-state index in [4.69, 9.17) is 0 Å². The number of thioether (sulfide) groups is 1. The summed E-state index contributed by atoms with van der Waals surface area (Å²) in [4.78, 5) is 24.0. The van der Waals surface area contributed by atoms with Crippen molar-refractivity contribution in [2.75, 3.05) is 5.75 Å². The zero-order valence-electron chi connectivity index (χ0n) is 13.8. The van der Waals surface area contributed by atoms with Gasteiger partial charge in [-0.25, -0.2) is 0 Å². The van der Waals surface area contributed by atoms with Gasteiger partial charge in [-0.3, -0.25) is 14.9 Å². The van der Waals surface area contributed by atoms with Crippen LogP contribution in [0.1, 0.15) is 10.5 Å². The minimum Gasteiger partial charge on any atom is -0.347 e. The fourth-order valence-corrected chi connectivity index (χ4v) is 3.04. The highest BCUT2D eigenvalue weighted by molar-refractivity contribution is 7.99. The molecule has 3 aromatic rings. The van der Waals surface area contributed by atoms with Crippen molar-refractivity contribution in [3.05, 3.63) is 54.4 Å². The van der Waals surface area contributed by atoms with Crippen LogP contribution in [0.4, 0.5) is 0 Å². The van der Waals surface area contributed by atoms with E-state index in [0.717, 1.165) is 11.4 Å². The number of imide groups is 1. The number of carbonyl (C=O) groups excluding carboxylic acids is 2. The van der Waals surface area contributed by atoms with Gasteiger partial charge < -0.3 is 9.13 Å². The van der Waals surface area contributed by atoms with Crippen LogP contribution < -0.4 is 5.32 Å². The van der Waals surface area contributed by atoms with Crippen molar-refractivity contribution < 1.29 is 9.59 Å². The van der Waals surface area contributed by atoms with Crippen molar-refractivity contribution in [1.29, 1.82) is 0 Å². The molecular formula is C17H17N5O2S. The number of benzene rings is 1. The summed E-state index contributed by atoms with van der Waals surface area (Å²) in [5.41, 5.74) is 1.39. The van der Waals surface area contributed by atoms with E-state index in [0.29, 0.717) is 10.9 Å². The van der Waals surface area contributed by atoms with Gasteiger partial charge >= 0.3 is 0 Å². The first-order chi connectivity index (χ1) is 12.1. The quantitative estimate of drug-likeness (QED) is 0.707. The Kier molecular flexibility index (Phi) is 4.99. The predicted molar refractivity (Wildman–Crippen MR) is 95.0 cm³/mol. The van der Waals surface area contributed by atoms with Gasteiger partial charge in [-0.1, -0.05) is 42.1 Å². The molecule has 0 aliphatic heterocycles. The van der Waals surface area contributed by atoms with Crippen LogP contribution in [0.2, 0.25) is 0 Å². The Labute approximate surface area is 149 Å². The molecule has 0 aliphatic carbocycles. The monoisotopic (exact) mass is 355 g/mol. The zero-order chi connectivity index (χ0) is 17.8. The molecule has 0 unspecified atom stereocenters. The number of aryl methyl sites for hydroxylation is 1. The summed E-state index contributed by atoms with van der Waals surface area (Å²) < 4.78 is 3.48. The minimum absolute atomic E-state index is 0.0803. The molecule has 2 aromatic heterocycles. The van der Waals surface area contributed by atoms with Gasteiger partial charge in [-0.05, 0) is 12.1 Å². The van der Waals surface area contributed by atoms with E-state index in [9.17, 15) is 9.59 Å². The molecule has 0 saturated heterocycles. The standard InChI is InChI=1S/C17H17N5O2S/c1-21-10-6-9-13(21)16(24)18-14(23)11-25-17-20-19-15(22(17)2)12-7-4-3-5-8-12/h3-10H,11H2,1-2H3,(H,18,23,24).